The van der Waals surface area contributed by atoms with Crippen LogP contribution in [0.1, 0.15) is 58.2 Å². The van der Waals surface area contributed by atoms with Gasteiger partial charge in [0.05, 0.1) is 23.6 Å². The van der Waals surface area contributed by atoms with Gasteiger partial charge in [-0.25, -0.2) is 4.79 Å². The quantitative estimate of drug-likeness (QED) is 0.695. The molecular formula is C19H27N3O4S. The maximum absolute atomic E-state index is 12.7. The number of ether oxygens (including phenoxy) is 1. The van der Waals surface area contributed by atoms with Crippen LogP contribution in [-0.4, -0.2) is 55.5 Å². The Bertz CT molecular complexity index is 742. The van der Waals surface area contributed by atoms with Gasteiger partial charge < -0.3 is 15.4 Å². The Morgan fingerprint density at radius 2 is 2.00 bits per heavy atom. The van der Waals surface area contributed by atoms with E-state index in [-0.39, 0.29) is 24.0 Å². The van der Waals surface area contributed by atoms with Crippen molar-refractivity contribution in [3.63, 3.8) is 0 Å². The smallest absolute Gasteiger partial charge is 0.341 e. The predicted octanol–water partition coefficient (Wildman–Crippen LogP) is 2.41. The summed E-state index contributed by atoms with van der Waals surface area (Å²) in [4.78, 5) is 39.8. The van der Waals surface area contributed by atoms with Gasteiger partial charge in [0.2, 0.25) is 5.91 Å². The van der Waals surface area contributed by atoms with Gasteiger partial charge in [0, 0.05) is 13.1 Å². The molecule has 8 heteroatoms. The number of nitrogens with one attached hydrogen (secondary N) is 2. The number of carbonyl (C=O) groups excluding carboxylic acids is 3. The van der Waals surface area contributed by atoms with Gasteiger partial charge in [-0.15, -0.1) is 11.3 Å². The molecule has 27 heavy (non-hydrogen) atoms. The lowest BCUT2D eigenvalue weighted by Crippen LogP contribution is -2.37. The van der Waals surface area contributed by atoms with E-state index in [1.165, 1.54) is 19.9 Å². The van der Waals surface area contributed by atoms with E-state index in [1.54, 1.807) is 13.8 Å². The molecule has 2 fully saturated rings. The molecule has 0 spiro atoms. The minimum Gasteiger partial charge on any atom is -0.462 e. The number of carbonyl (C=O) groups is 3. The number of rotatable bonds is 7. The van der Waals surface area contributed by atoms with Gasteiger partial charge in [-0.05, 0) is 57.6 Å². The summed E-state index contributed by atoms with van der Waals surface area (Å²) in [7, 11) is 1.54. The van der Waals surface area contributed by atoms with Crippen molar-refractivity contribution in [2.24, 2.45) is 5.92 Å². The summed E-state index contributed by atoms with van der Waals surface area (Å²) in [5.74, 6) is -0.220. The van der Waals surface area contributed by atoms with Gasteiger partial charge in [0.1, 0.15) is 5.00 Å². The topological polar surface area (TPSA) is 87.7 Å². The lowest BCUT2D eigenvalue weighted by atomic mass is 10.1. The van der Waals surface area contributed by atoms with Crippen LogP contribution in [-0.2, 0) is 9.53 Å². The van der Waals surface area contributed by atoms with E-state index in [0.717, 1.165) is 36.6 Å². The molecule has 0 bridgehead atoms. The lowest BCUT2D eigenvalue weighted by Gasteiger charge is -2.23. The summed E-state index contributed by atoms with van der Waals surface area (Å²) >= 11 is 1.12. The zero-order valence-electron chi connectivity index (χ0n) is 16.1. The summed E-state index contributed by atoms with van der Waals surface area (Å²) in [6.45, 7) is 4.91. The first-order valence-electron chi connectivity index (χ1n) is 9.52. The molecule has 1 aliphatic carbocycles. The molecule has 1 aromatic heterocycles. The zero-order valence-corrected chi connectivity index (χ0v) is 16.9. The zero-order chi connectivity index (χ0) is 19.6. The first-order valence-corrected chi connectivity index (χ1v) is 10.3. The normalized spacial score (nSPS) is 19.7. The molecule has 1 saturated carbocycles. The van der Waals surface area contributed by atoms with Crippen LogP contribution in [0.2, 0.25) is 0 Å². The first kappa shape index (κ1) is 19.8. The van der Waals surface area contributed by atoms with E-state index in [0.29, 0.717) is 28.0 Å². The Hall–Kier alpha value is -1.93. The maximum atomic E-state index is 12.7. The van der Waals surface area contributed by atoms with E-state index in [1.807, 2.05) is 0 Å². The van der Waals surface area contributed by atoms with Gasteiger partial charge in [-0.3, -0.25) is 14.5 Å². The Morgan fingerprint density at radius 3 is 2.63 bits per heavy atom. The number of thiophene rings is 1. The molecule has 1 aromatic rings. The van der Waals surface area contributed by atoms with Crippen molar-refractivity contribution in [1.29, 1.82) is 0 Å². The van der Waals surface area contributed by atoms with Gasteiger partial charge in [0.15, 0.2) is 0 Å². The van der Waals surface area contributed by atoms with E-state index in [4.69, 9.17) is 4.74 Å². The number of amides is 2. The highest BCUT2D eigenvalue weighted by Gasteiger charge is 2.38. The number of esters is 1. The van der Waals surface area contributed by atoms with Gasteiger partial charge >= 0.3 is 5.97 Å². The van der Waals surface area contributed by atoms with Crippen LogP contribution in [0.5, 0.6) is 0 Å². The number of hydrogen-bond donors (Lipinski definition) is 2. The number of hydrogen-bond acceptors (Lipinski definition) is 6. The molecule has 1 atom stereocenters. The summed E-state index contributed by atoms with van der Waals surface area (Å²) in [5, 5.41) is 5.81. The summed E-state index contributed by atoms with van der Waals surface area (Å²) in [5.41, 5.74) is 0.805. The Labute approximate surface area is 163 Å². The van der Waals surface area contributed by atoms with Crippen molar-refractivity contribution in [2.45, 2.75) is 45.6 Å². The molecule has 2 N–H and O–H groups in total. The predicted molar refractivity (Wildman–Crippen MR) is 104 cm³/mol. The van der Waals surface area contributed by atoms with Crippen molar-refractivity contribution in [2.75, 3.05) is 32.1 Å². The monoisotopic (exact) mass is 393 g/mol. The van der Waals surface area contributed by atoms with E-state index in [2.05, 4.69) is 15.5 Å². The van der Waals surface area contributed by atoms with Crippen molar-refractivity contribution >= 4 is 34.1 Å². The molecule has 3 rings (SSSR count). The van der Waals surface area contributed by atoms with Crippen LogP contribution in [0.25, 0.3) is 0 Å². The lowest BCUT2D eigenvalue weighted by molar-refractivity contribution is -0.117. The SMILES string of the molecule is CCOC(=O)c1c(NC(=O)CN2CCCC2C2CC2)sc(C(=O)NC)c1C. The molecule has 7 nitrogen and oxygen atoms in total. The van der Waals surface area contributed by atoms with Crippen molar-refractivity contribution in [3.05, 3.63) is 16.0 Å². The second-order valence-corrected chi connectivity index (χ2v) is 8.15. The van der Waals surface area contributed by atoms with Crippen molar-refractivity contribution in [3.8, 4) is 0 Å². The average Bonchev–Trinajstić information content (AvgIpc) is 3.29. The molecule has 2 aliphatic rings. The Morgan fingerprint density at radius 1 is 1.26 bits per heavy atom. The highest BCUT2D eigenvalue weighted by Crippen LogP contribution is 2.40. The minimum atomic E-state index is -0.520. The molecule has 148 valence electrons. The standard InChI is InChI=1S/C19H27N3O4S/c1-4-26-19(25)15-11(2)16(17(24)20-3)27-18(15)21-14(23)10-22-9-5-6-13(22)12-7-8-12/h12-13H,4-10H2,1-3H3,(H,20,24)(H,21,23). The van der Waals surface area contributed by atoms with Crippen LogP contribution >= 0.6 is 11.3 Å². The molecule has 0 radical (unpaired) electrons. The van der Waals surface area contributed by atoms with Crippen LogP contribution in [0.15, 0.2) is 0 Å². The van der Waals surface area contributed by atoms with Crippen LogP contribution in [0.4, 0.5) is 5.00 Å². The average molecular weight is 394 g/mol. The highest BCUT2D eigenvalue weighted by molar-refractivity contribution is 7.18. The molecule has 2 amide bonds. The van der Waals surface area contributed by atoms with Crippen molar-refractivity contribution in [1.82, 2.24) is 10.2 Å². The fourth-order valence-corrected chi connectivity index (χ4v) is 4.95. The van der Waals surface area contributed by atoms with Crippen LogP contribution in [0, 0.1) is 12.8 Å². The number of nitrogens with zero attached hydrogens (tertiary/aromatic N) is 1. The Kier molecular flexibility index (Phi) is 6.16. The van der Waals surface area contributed by atoms with Gasteiger partial charge in [-0.2, -0.15) is 0 Å². The third-order valence-corrected chi connectivity index (χ3v) is 6.45. The maximum Gasteiger partial charge on any atom is 0.341 e. The summed E-state index contributed by atoms with van der Waals surface area (Å²) < 4.78 is 5.12. The van der Waals surface area contributed by atoms with Crippen LogP contribution < -0.4 is 10.6 Å². The third kappa shape index (κ3) is 4.32. The summed E-state index contributed by atoms with van der Waals surface area (Å²) in [6, 6.07) is 0.506. The van der Waals surface area contributed by atoms with Crippen LogP contribution in [0.3, 0.4) is 0 Å². The number of anilines is 1. The third-order valence-electron chi connectivity index (χ3n) is 5.24. The molecule has 1 unspecified atom stereocenters. The molecule has 2 heterocycles. The van der Waals surface area contributed by atoms with E-state index < -0.39 is 5.97 Å². The minimum absolute atomic E-state index is 0.155. The molecule has 1 saturated heterocycles. The van der Waals surface area contributed by atoms with Crippen molar-refractivity contribution < 1.29 is 19.1 Å². The second kappa shape index (κ2) is 8.39. The molecule has 1 aliphatic heterocycles. The highest BCUT2D eigenvalue weighted by atomic mass is 32.1. The van der Waals surface area contributed by atoms with Gasteiger partial charge in [-0.1, -0.05) is 0 Å². The Balaban J connectivity index is 1.76. The van der Waals surface area contributed by atoms with E-state index >= 15 is 0 Å². The second-order valence-electron chi connectivity index (χ2n) is 7.13. The fraction of sp³-hybridized carbons (Fsp3) is 0.632. The van der Waals surface area contributed by atoms with Gasteiger partial charge in [0.25, 0.3) is 5.91 Å². The van der Waals surface area contributed by atoms with E-state index in [9.17, 15) is 14.4 Å². The summed E-state index contributed by atoms with van der Waals surface area (Å²) in [6.07, 6.45) is 4.80. The largest absolute Gasteiger partial charge is 0.462 e. The number of likely N-dealkylation sites (tertiary alicyclic amines) is 1. The molecular weight excluding hydrogens is 366 g/mol. The fourth-order valence-electron chi connectivity index (χ4n) is 3.79. The first-order chi connectivity index (χ1) is 13.0. The molecule has 0 aromatic carbocycles.